The largest absolute Gasteiger partial charge is 0.396 e. The van der Waals surface area contributed by atoms with Gasteiger partial charge in [0.2, 0.25) is 0 Å². The standard InChI is InChI=1S/C12H17NO/c14-9-10-6-7-13-12(8-10)11-4-2-1-3-5-11/h1-5,10,12-14H,6-9H2/t10-,12-/m0/s1. The molecule has 0 radical (unpaired) electrons. The molecular formula is C12H17NO. The molecule has 1 aromatic carbocycles. The minimum absolute atomic E-state index is 0.324. The van der Waals surface area contributed by atoms with Gasteiger partial charge < -0.3 is 10.4 Å². The monoisotopic (exact) mass is 191 g/mol. The molecule has 0 unspecified atom stereocenters. The number of rotatable bonds is 2. The maximum absolute atomic E-state index is 9.13. The summed E-state index contributed by atoms with van der Waals surface area (Å²) in [6.07, 6.45) is 2.15. The summed E-state index contributed by atoms with van der Waals surface area (Å²) < 4.78 is 0. The van der Waals surface area contributed by atoms with Crippen molar-refractivity contribution in [3.05, 3.63) is 35.9 Å². The summed E-state index contributed by atoms with van der Waals surface area (Å²) in [7, 11) is 0. The first-order valence-electron chi connectivity index (χ1n) is 5.29. The lowest BCUT2D eigenvalue weighted by Crippen LogP contribution is -2.32. The van der Waals surface area contributed by atoms with E-state index in [1.807, 2.05) is 6.07 Å². The number of piperidine rings is 1. The second-order valence-corrected chi connectivity index (χ2v) is 3.99. The molecule has 2 N–H and O–H groups in total. The number of hydrogen-bond acceptors (Lipinski definition) is 2. The Hall–Kier alpha value is -0.860. The maximum Gasteiger partial charge on any atom is 0.0460 e. The van der Waals surface area contributed by atoms with Crippen LogP contribution in [0.4, 0.5) is 0 Å². The molecule has 0 spiro atoms. The van der Waals surface area contributed by atoms with Crippen LogP contribution in [0.25, 0.3) is 0 Å². The number of aliphatic hydroxyl groups is 1. The first-order valence-corrected chi connectivity index (χ1v) is 5.29. The van der Waals surface area contributed by atoms with Gasteiger partial charge in [0, 0.05) is 12.6 Å². The van der Waals surface area contributed by atoms with Crippen molar-refractivity contribution in [2.45, 2.75) is 18.9 Å². The third kappa shape index (κ3) is 2.14. The van der Waals surface area contributed by atoms with Gasteiger partial charge in [-0.2, -0.15) is 0 Å². The Bertz CT molecular complexity index is 273. The van der Waals surface area contributed by atoms with E-state index in [0.717, 1.165) is 19.4 Å². The highest BCUT2D eigenvalue weighted by molar-refractivity contribution is 5.19. The second kappa shape index (κ2) is 4.58. The zero-order valence-corrected chi connectivity index (χ0v) is 8.32. The summed E-state index contributed by atoms with van der Waals surface area (Å²) in [6.45, 7) is 1.34. The summed E-state index contributed by atoms with van der Waals surface area (Å²) in [6, 6.07) is 10.9. The second-order valence-electron chi connectivity index (χ2n) is 3.99. The van der Waals surface area contributed by atoms with E-state index in [4.69, 9.17) is 5.11 Å². The van der Waals surface area contributed by atoms with Gasteiger partial charge in [-0.25, -0.2) is 0 Å². The van der Waals surface area contributed by atoms with Gasteiger partial charge in [-0.05, 0) is 30.9 Å². The van der Waals surface area contributed by atoms with E-state index in [2.05, 4.69) is 29.6 Å². The molecule has 1 aliphatic rings. The van der Waals surface area contributed by atoms with Crippen LogP contribution in [0.15, 0.2) is 30.3 Å². The lowest BCUT2D eigenvalue weighted by molar-refractivity contribution is 0.176. The molecule has 0 bridgehead atoms. The Balaban J connectivity index is 2.04. The Kier molecular flexibility index (Phi) is 3.17. The molecular weight excluding hydrogens is 174 g/mol. The van der Waals surface area contributed by atoms with Crippen molar-refractivity contribution in [2.24, 2.45) is 5.92 Å². The van der Waals surface area contributed by atoms with Gasteiger partial charge >= 0.3 is 0 Å². The summed E-state index contributed by atoms with van der Waals surface area (Å²) in [5.41, 5.74) is 1.34. The predicted octanol–water partition coefficient (Wildman–Crippen LogP) is 1.72. The quantitative estimate of drug-likeness (QED) is 0.746. The van der Waals surface area contributed by atoms with Crippen LogP contribution in [0.2, 0.25) is 0 Å². The summed E-state index contributed by atoms with van der Waals surface area (Å²) >= 11 is 0. The molecule has 1 saturated heterocycles. The van der Waals surface area contributed by atoms with Crippen LogP contribution in [0.5, 0.6) is 0 Å². The molecule has 1 aliphatic heterocycles. The minimum atomic E-state index is 0.324. The topological polar surface area (TPSA) is 32.3 Å². The molecule has 0 amide bonds. The fraction of sp³-hybridized carbons (Fsp3) is 0.500. The summed E-state index contributed by atoms with van der Waals surface area (Å²) in [4.78, 5) is 0. The third-order valence-corrected chi connectivity index (χ3v) is 2.97. The fourth-order valence-corrected chi connectivity index (χ4v) is 2.10. The Morgan fingerprint density at radius 3 is 2.79 bits per heavy atom. The van der Waals surface area contributed by atoms with Gasteiger partial charge in [0.25, 0.3) is 0 Å². The SMILES string of the molecule is OC[C@H]1CCN[C@H](c2ccccc2)C1. The molecule has 2 nitrogen and oxygen atoms in total. The Labute approximate surface area is 85.0 Å². The van der Waals surface area contributed by atoms with Crippen molar-refractivity contribution in [3.63, 3.8) is 0 Å². The highest BCUT2D eigenvalue weighted by Gasteiger charge is 2.21. The molecule has 0 aromatic heterocycles. The first-order chi connectivity index (χ1) is 6.90. The van der Waals surface area contributed by atoms with Gasteiger partial charge in [0.1, 0.15) is 0 Å². The molecule has 76 valence electrons. The fourth-order valence-electron chi connectivity index (χ4n) is 2.10. The average Bonchev–Trinajstić information content (AvgIpc) is 2.30. The van der Waals surface area contributed by atoms with E-state index < -0.39 is 0 Å². The Morgan fingerprint density at radius 2 is 2.07 bits per heavy atom. The van der Waals surface area contributed by atoms with E-state index in [9.17, 15) is 0 Å². The van der Waals surface area contributed by atoms with Crippen LogP contribution in [0.3, 0.4) is 0 Å². The molecule has 1 heterocycles. The van der Waals surface area contributed by atoms with Crippen LogP contribution in [0, 0.1) is 5.92 Å². The van der Waals surface area contributed by atoms with E-state index in [1.54, 1.807) is 0 Å². The van der Waals surface area contributed by atoms with Crippen molar-refractivity contribution in [2.75, 3.05) is 13.2 Å². The lowest BCUT2D eigenvalue weighted by atomic mass is 9.89. The molecule has 2 heteroatoms. The zero-order valence-electron chi connectivity index (χ0n) is 8.32. The number of aliphatic hydroxyl groups excluding tert-OH is 1. The van der Waals surface area contributed by atoms with E-state index >= 15 is 0 Å². The number of nitrogens with one attached hydrogen (secondary N) is 1. The normalized spacial score (nSPS) is 27.5. The van der Waals surface area contributed by atoms with Gasteiger partial charge in [0.15, 0.2) is 0 Å². The lowest BCUT2D eigenvalue weighted by Gasteiger charge is -2.29. The van der Waals surface area contributed by atoms with Crippen molar-refractivity contribution >= 4 is 0 Å². The summed E-state index contributed by atoms with van der Waals surface area (Å²) in [5, 5.41) is 12.6. The highest BCUT2D eigenvalue weighted by Crippen LogP contribution is 2.26. The smallest absolute Gasteiger partial charge is 0.0460 e. The van der Waals surface area contributed by atoms with E-state index in [-0.39, 0.29) is 0 Å². The van der Waals surface area contributed by atoms with E-state index in [0.29, 0.717) is 18.6 Å². The van der Waals surface area contributed by atoms with Crippen LogP contribution >= 0.6 is 0 Å². The molecule has 14 heavy (non-hydrogen) atoms. The van der Waals surface area contributed by atoms with Crippen LogP contribution < -0.4 is 5.32 Å². The van der Waals surface area contributed by atoms with Gasteiger partial charge in [0.05, 0.1) is 0 Å². The molecule has 0 saturated carbocycles. The van der Waals surface area contributed by atoms with Crippen molar-refractivity contribution in [3.8, 4) is 0 Å². The third-order valence-electron chi connectivity index (χ3n) is 2.97. The van der Waals surface area contributed by atoms with Crippen molar-refractivity contribution < 1.29 is 5.11 Å². The van der Waals surface area contributed by atoms with Gasteiger partial charge in [-0.15, -0.1) is 0 Å². The minimum Gasteiger partial charge on any atom is -0.396 e. The van der Waals surface area contributed by atoms with Crippen molar-refractivity contribution in [1.82, 2.24) is 5.32 Å². The molecule has 2 rings (SSSR count). The van der Waals surface area contributed by atoms with Crippen molar-refractivity contribution in [1.29, 1.82) is 0 Å². The number of benzene rings is 1. The molecule has 2 atom stereocenters. The molecule has 0 aliphatic carbocycles. The maximum atomic E-state index is 9.13. The highest BCUT2D eigenvalue weighted by atomic mass is 16.3. The van der Waals surface area contributed by atoms with Gasteiger partial charge in [-0.1, -0.05) is 30.3 Å². The predicted molar refractivity (Wildman–Crippen MR) is 57.0 cm³/mol. The van der Waals surface area contributed by atoms with E-state index in [1.165, 1.54) is 5.56 Å². The number of hydrogen-bond donors (Lipinski definition) is 2. The van der Waals surface area contributed by atoms with Gasteiger partial charge in [-0.3, -0.25) is 0 Å². The van der Waals surface area contributed by atoms with Crippen LogP contribution in [-0.2, 0) is 0 Å². The average molecular weight is 191 g/mol. The Morgan fingerprint density at radius 1 is 1.29 bits per heavy atom. The molecule has 1 fully saturated rings. The summed E-state index contributed by atoms with van der Waals surface area (Å²) in [5.74, 6) is 0.474. The molecule has 1 aromatic rings. The first kappa shape index (κ1) is 9.69. The zero-order chi connectivity index (χ0) is 9.80. The van der Waals surface area contributed by atoms with Crippen LogP contribution in [-0.4, -0.2) is 18.3 Å². The van der Waals surface area contributed by atoms with Crippen LogP contribution in [0.1, 0.15) is 24.4 Å².